The van der Waals surface area contributed by atoms with Gasteiger partial charge in [-0.25, -0.2) is 0 Å². The lowest BCUT2D eigenvalue weighted by Crippen LogP contribution is -2.38. The van der Waals surface area contributed by atoms with Crippen LogP contribution < -0.4 is 4.74 Å². The van der Waals surface area contributed by atoms with Gasteiger partial charge in [-0.3, -0.25) is 4.90 Å². The first-order valence-electron chi connectivity index (χ1n) is 11.5. The van der Waals surface area contributed by atoms with Gasteiger partial charge in [-0.15, -0.1) is 11.3 Å². The Kier molecular flexibility index (Phi) is 5.53. The Bertz CT molecular complexity index is 1470. The van der Waals surface area contributed by atoms with Crippen LogP contribution in [0.15, 0.2) is 60.7 Å². The molecule has 174 valence electrons. The molecule has 0 saturated carbocycles. The Morgan fingerprint density at radius 3 is 2.47 bits per heavy atom. The van der Waals surface area contributed by atoms with E-state index in [2.05, 4.69) is 21.6 Å². The van der Waals surface area contributed by atoms with E-state index in [1.807, 2.05) is 36.4 Å². The molecule has 2 aromatic heterocycles. The van der Waals surface area contributed by atoms with E-state index in [9.17, 15) is 10.2 Å². The Hall–Kier alpha value is -3.26. The maximum Gasteiger partial charge on any atom is 0.119 e. The zero-order valence-corrected chi connectivity index (χ0v) is 19.6. The first-order valence-corrected chi connectivity index (χ1v) is 12.4. The van der Waals surface area contributed by atoms with Gasteiger partial charge in [-0.1, -0.05) is 12.1 Å². The lowest BCUT2D eigenvalue weighted by atomic mass is 10.2. The summed E-state index contributed by atoms with van der Waals surface area (Å²) < 4.78 is 15.8. The first kappa shape index (κ1) is 21.3. The molecule has 0 aliphatic carbocycles. The fourth-order valence-electron chi connectivity index (χ4n) is 4.74. The van der Waals surface area contributed by atoms with E-state index in [0.717, 1.165) is 69.8 Å². The second kappa shape index (κ2) is 8.83. The van der Waals surface area contributed by atoms with Crippen molar-refractivity contribution in [3.63, 3.8) is 0 Å². The standard InChI is InChI=1S/C27H26N2O4S/c30-19-4-8-24-23(15-19)27-26(22-7-3-20(31)16-25(22)34-27)29(24)17-18-1-5-21(6-2-18)33-14-11-28-9-12-32-13-10-28/h1-8,15-16,30-31H,9-14,17H2. The maximum atomic E-state index is 10.1. The quantitative estimate of drug-likeness (QED) is 0.355. The van der Waals surface area contributed by atoms with Gasteiger partial charge in [0.25, 0.3) is 0 Å². The van der Waals surface area contributed by atoms with E-state index in [1.165, 1.54) is 5.56 Å². The van der Waals surface area contributed by atoms with E-state index in [4.69, 9.17) is 9.47 Å². The van der Waals surface area contributed by atoms with Crippen LogP contribution in [0.3, 0.4) is 0 Å². The second-order valence-corrected chi connectivity index (χ2v) is 9.75. The normalized spacial score (nSPS) is 14.9. The summed E-state index contributed by atoms with van der Waals surface area (Å²) in [5, 5.41) is 22.2. The number of benzene rings is 3. The summed E-state index contributed by atoms with van der Waals surface area (Å²) in [6.45, 7) is 5.82. The molecular weight excluding hydrogens is 448 g/mol. The first-order chi connectivity index (χ1) is 16.7. The molecule has 1 aliphatic rings. The van der Waals surface area contributed by atoms with Crippen molar-refractivity contribution in [2.75, 3.05) is 39.5 Å². The Morgan fingerprint density at radius 1 is 0.882 bits per heavy atom. The molecule has 0 atom stereocenters. The lowest BCUT2D eigenvalue weighted by Gasteiger charge is -2.26. The summed E-state index contributed by atoms with van der Waals surface area (Å²) in [4.78, 5) is 2.36. The highest BCUT2D eigenvalue weighted by molar-refractivity contribution is 7.26. The number of nitrogens with zero attached hydrogens (tertiary/aromatic N) is 2. The van der Waals surface area contributed by atoms with Crippen molar-refractivity contribution >= 4 is 42.5 Å². The van der Waals surface area contributed by atoms with Gasteiger partial charge >= 0.3 is 0 Å². The van der Waals surface area contributed by atoms with Crippen LogP contribution in [0.5, 0.6) is 17.2 Å². The fraction of sp³-hybridized carbons (Fsp3) is 0.259. The van der Waals surface area contributed by atoms with Gasteiger partial charge < -0.3 is 24.3 Å². The van der Waals surface area contributed by atoms with Crippen LogP contribution in [0.2, 0.25) is 0 Å². The third kappa shape index (κ3) is 3.96. The number of hydrogen-bond acceptors (Lipinski definition) is 6. The van der Waals surface area contributed by atoms with Crippen LogP contribution in [-0.2, 0) is 11.3 Å². The molecule has 6 nitrogen and oxygen atoms in total. The number of thiophene rings is 1. The fourth-order valence-corrected chi connectivity index (χ4v) is 6.00. The highest BCUT2D eigenvalue weighted by Crippen LogP contribution is 2.42. The van der Waals surface area contributed by atoms with Crippen molar-refractivity contribution < 1.29 is 19.7 Å². The van der Waals surface area contributed by atoms with Crippen LogP contribution in [-0.4, -0.2) is 59.1 Å². The summed E-state index contributed by atoms with van der Waals surface area (Å²) in [6, 6.07) is 19.4. The number of morpholine rings is 1. The molecule has 6 rings (SSSR count). The van der Waals surface area contributed by atoms with E-state index < -0.39 is 0 Å². The van der Waals surface area contributed by atoms with Gasteiger partial charge in [0.1, 0.15) is 23.9 Å². The highest BCUT2D eigenvalue weighted by atomic mass is 32.1. The van der Waals surface area contributed by atoms with Crippen LogP contribution in [0.25, 0.3) is 31.2 Å². The molecule has 0 bridgehead atoms. The number of rotatable bonds is 6. The minimum absolute atomic E-state index is 0.255. The SMILES string of the molecule is Oc1ccc2c(c1)sc1c3cc(O)ccc3n(Cc3ccc(OCCN4CCOCC4)cc3)c21. The zero-order chi connectivity index (χ0) is 23.1. The minimum Gasteiger partial charge on any atom is -0.508 e. The van der Waals surface area contributed by atoms with Crippen LogP contribution in [0.4, 0.5) is 0 Å². The molecule has 1 saturated heterocycles. The third-order valence-corrected chi connectivity index (χ3v) is 7.65. The predicted octanol–water partition coefficient (Wildman–Crippen LogP) is 5.18. The van der Waals surface area contributed by atoms with Crippen molar-refractivity contribution in [1.82, 2.24) is 9.47 Å². The van der Waals surface area contributed by atoms with Gasteiger partial charge in [0.15, 0.2) is 0 Å². The predicted molar refractivity (Wildman–Crippen MR) is 136 cm³/mol. The van der Waals surface area contributed by atoms with Crippen LogP contribution in [0.1, 0.15) is 5.56 Å². The number of phenolic OH excluding ortho intramolecular Hbond substituents is 2. The molecule has 7 heteroatoms. The summed E-state index contributed by atoms with van der Waals surface area (Å²) in [7, 11) is 0. The number of ether oxygens (including phenoxy) is 2. The van der Waals surface area contributed by atoms with Crippen molar-refractivity contribution in [2.24, 2.45) is 0 Å². The average Bonchev–Trinajstić information content (AvgIpc) is 3.35. The molecule has 3 aromatic carbocycles. The van der Waals surface area contributed by atoms with Crippen LogP contribution in [0, 0.1) is 0 Å². The number of aromatic hydroxyl groups is 2. The molecule has 1 aliphatic heterocycles. The largest absolute Gasteiger partial charge is 0.508 e. The molecule has 5 aromatic rings. The average molecular weight is 475 g/mol. The maximum absolute atomic E-state index is 10.1. The molecule has 0 amide bonds. The van der Waals surface area contributed by atoms with E-state index in [-0.39, 0.29) is 11.5 Å². The highest BCUT2D eigenvalue weighted by Gasteiger charge is 2.18. The summed E-state index contributed by atoms with van der Waals surface area (Å²) in [5.74, 6) is 1.39. The Morgan fingerprint density at radius 2 is 1.65 bits per heavy atom. The number of hydrogen-bond donors (Lipinski definition) is 2. The second-order valence-electron chi connectivity index (χ2n) is 8.69. The van der Waals surface area contributed by atoms with E-state index in [1.54, 1.807) is 23.5 Å². The lowest BCUT2D eigenvalue weighted by molar-refractivity contribution is 0.0322. The molecule has 0 radical (unpaired) electrons. The molecule has 0 spiro atoms. The Balaban J connectivity index is 1.28. The molecule has 3 heterocycles. The summed E-state index contributed by atoms with van der Waals surface area (Å²) in [5.41, 5.74) is 3.39. The van der Waals surface area contributed by atoms with Gasteiger partial charge in [0.05, 0.1) is 28.9 Å². The van der Waals surface area contributed by atoms with Crippen molar-refractivity contribution in [3.05, 3.63) is 66.2 Å². The zero-order valence-electron chi connectivity index (χ0n) is 18.7. The number of fused-ring (bicyclic) bond motifs is 5. The summed E-state index contributed by atoms with van der Waals surface area (Å²) in [6.07, 6.45) is 0. The van der Waals surface area contributed by atoms with Gasteiger partial charge in [-0.05, 0) is 54.1 Å². The van der Waals surface area contributed by atoms with E-state index in [0.29, 0.717) is 13.2 Å². The van der Waals surface area contributed by atoms with Gasteiger partial charge in [-0.2, -0.15) is 0 Å². The van der Waals surface area contributed by atoms with Crippen molar-refractivity contribution in [2.45, 2.75) is 6.54 Å². The van der Waals surface area contributed by atoms with Crippen molar-refractivity contribution in [1.29, 1.82) is 0 Å². The smallest absolute Gasteiger partial charge is 0.119 e. The summed E-state index contributed by atoms with van der Waals surface area (Å²) >= 11 is 1.64. The van der Waals surface area contributed by atoms with Gasteiger partial charge in [0.2, 0.25) is 0 Å². The van der Waals surface area contributed by atoms with Gasteiger partial charge in [0, 0.05) is 41.7 Å². The molecule has 34 heavy (non-hydrogen) atoms. The molecule has 2 N–H and O–H groups in total. The van der Waals surface area contributed by atoms with Crippen molar-refractivity contribution in [3.8, 4) is 17.2 Å². The molecule has 0 unspecified atom stereocenters. The number of aromatic nitrogens is 1. The van der Waals surface area contributed by atoms with Crippen LogP contribution >= 0.6 is 11.3 Å². The topological polar surface area (TPSA) is 67.1 Å². The number of phenols is 2. The Labute approximate surface area is 201 Å². The third-order valence-electron chi connectivity index (χ3n) is 6.48. The monoisotopic (exact) mass is 474 g/mol. The molecule has 1 fully saturated rings. The van der Waals surface area contributed by atoms with E-state index >= 15 is 0 Å². The minimum atomic E-state index is 0.255. The molecular formula is C27H26N2O4S.